The second-order valence-electron chi connectivity index (χ2n) is 17.5. The minimum atomic E-state index is 0.963. The van der Waals surface area contributed by atoms with Crippen LogP contribution in [0.25, 0.3) is 94.6 Å². The first-order chi connectivity index (χ1) is 32.3. The summed E-state index contributed by atoms with van der Waals surface area (Å²) in [6.07, 6.45) is 0. The van der Waals surface area contributed by atoms with Crippen LogP contribution in [0, 0.1) is 27.7 Å². The van der Waals surface area contributed by atoms with Crippen LogP contribution >= 0.6 is 0 Å². The first-order valence-electron chi connectivity index (χ1n) is 22.9. The molecule has 0 heteroatoms. The van der Waals surface area contributed by atoms with Gasteiger partial charge in [0.1, 0.15) is 0 Å². The zero-order valence-electron chi connectivity index (χ0n) is 38.1. The van der Waals surface area contributed by atoms with E-state index in [1.54, 1.807) is 0 Å². The quantitative estimate of drug-likeness (QED) is 0.129. The second kappa shape index (κ2) is 18.2. The molecule has 0 atom stereocenters. The van der Waals surface area contributed by atoms with E-state index in [0.29, 0.717) is 0 Å². The standard InChI is InChI=1S/C66H52/c1-44-22-6-10-26-55(44)63-34-18-14-30-59(63)51-38-49(39-52(42-51)60-31-15-19-35-64(60)56-27-11-7-23-45(56)2)48(5)50-40-53(61-32-16-20-36-65(61)57-28-12-8-24-46(57)3)43-54(41-50)62-33-17-21-37-66(62)58-29-13-9-25-47(58)4/h6-43H,5H2,1-4H3. The Balaban J connectivity index is 1.22. The van der Waals surface area contributed by atoms with E-state index in [2.05, 4.69) is 258 Å². The van der Waals surface area contributed by atoms with E-state index in [0.717, 1.165) is 39.0 Å². The van der Waals surface area contributed by atoms with Crippen molar-refractivity contribution in [2.75, 3.05) is 0 Å². The summed E-state index contributed by atoms with van der Waals surface area (Å²) in [4.78, 5) is 0. The van der Waals surface area contributed by atoms with Gasteiger partial charge in [0.05, 0.1) is 0 Å². The van der Waals surface area contributed by atoms with Crippen LogP contribution in [-0.4, -0.2) is 0 Å². The number of rotatable bonds is 10. The van der Waals surface area contributed by atoms with Gasteiger partial charge in [0.15, 0.2) is 0 Å². The van der Waals surface area contributed by atoms with Gasteiger partial charge in [-0.2, -0.15) is 0 Å². The van der Waals surface area contributed by atoms with Crippen LogP contribution in [0.2, 0.25) is 0 Å². The molecule has 0 spiro atoms. The predicted molar refractivity (Wildman–Crippen MR) is 283 cm³/mol. The van der Waals surface area contributed by atoms with Crippen molar-refractivity contribution in [1.82, 2.24) is 0 Å². The Bertz CT molecular complexity index is 2990. The SMILES string of the molecule is C=C(c1cc(-c2ccccc2-c2ccccc2C)cc(-c2ccccc2-c2ccccc2C)c1)c1cc(-c2ccccc2-c2ccccc2C)cc(-c2ccccc2-c2ccccc2C)c1. The molecule has 0 aliphatic rings. The predicted octanol–water partition coefficient (Wildman–Crippen LogP) is 18.3. The Morgan fingerprint density at radius 1 is 0.227 bits per heavy atom. The third-order valence-electron chi connectivity index (χ3n) is 13.3. The zero-order valence-corrected chi connectivity index (χ0v) is 38.1. The van der Waals surface area contributed by atoms with E-state index in [1.807, 2.05) is 0 Å². The Hall–Kier alpha value is -8.06. The molecule has 10 aromatic rings. The molecule has 0 nitrogen and oxygen atoms in total. The lowest BCUT2D eigenvalue weighted by Gasteiger charge is -2.20. The van der Waals surface area contributed by atoms with Crippen molar-refractivity contribution >= 4 is 5.57 Å². The van der Waals surface area contributed by atoms with Crippen molar-refractivity contribution in [3.63, 3.8) is 0 Å². The highest BCUT2D eigenvalue weighted by molar-refractivity contribution is 5.96. The van der Waals surface area contributed by atoms with Gasteiger partial charge in [-0.15, -0.1) is 0 Å². The van der Waals surface area contributed by atoms with Gasteiger partial charge in [0, 0.05) is 0 Å². The molecule has 10 rings (SSSR count). The first-order valence-corrected chi connectivity index (χ1v) is 22.9. The lowest BCUT2D eigenvalue weighted by Crippen LogP contribution is -1.96. The molecule has 0 unspecified atom stereocenters. The molecule has 0 N–H and O–H groups in total. The molecule has 0 saturated carbocycles. The van der Waals surface area contributed by atoms with Gasteiger partial charge in [0.25, 0.3) is 0 Å². The molecule has 0 saturated heterocycles. The third-order valence-corrected chi connectivity index (χ3v) is 13.3. The lowest BCUT2D eigenvalue weighted by molar-refractivity contribution is 1.44. The van der Waals surface area contributed by atoms with Crippen molar-refractivity contribution in [3.8, 4) is 89.0 Å². The van der Waals surface area contributed by atoms with Gasteiger partial charge in [-0.3, -0.25) is 0 Å². The Morgan fingerprint density at radius 3 is 0.621 bits per heavy atom. The van der Waals surface area contributed by atoms with E-state index in [1.165, 1.54) is 89.0 Å². The summed E-state index contributed by atoms with van der Waals surface area (Å²) >= 11 is 0. The van der Waals surface area contributed by atoms with Crippen molar-refractivity contribution in [1.29, 1.82) is 0 Å². The van der Waals surface area contributed by atoms with Gasteiger partial charge in [0.2, 0.25) is 0 Å². The Morgan fingerprint density at radius 2 is 0.409 bits per heavy atom. The number of benzene rings is 10. The number of aryl methyl sites for hydroxylation is 4. The average Bonchev–Trinajstić information content (AvgIpc) is 3.36. The van der Waals surface area contributed by atoms with E-state index < -0.39 is 0 Å². The van der Waals surface area contributed by atoms with Crippen molar-refractivity contribution < 1.29 is 0 Å². The minimum Gasteiger partial charge on any atom is -0.0906 e. The maximum absolute atomic E-state index is 5.01. The van der Waals surface area contributed by atoms with E-state index in [9.17, 15) is 0 Å². The maximum Gasteiger partial charge on any atom is -0.0103 e. The molecular formula is C66H52. The molecule has 316 valence electrons. The normalized spacial score (nSPS) is 11.1. The van der Waals surface area contributed by atoms with Gasteiger partial charge in [-0.1, -0.05) is 201 Å². The fourth-order valence-electron chi connectivity index (χ4n) is 9.77. The topological polar surface area (TPSA) is 0 Å². The van der Waals surface area contributed by atoms with Crippen LogP contribution in [0.15, 0.2) is 237 Å². The lowest BCUT2D eigenvalue weighted by atomic mass is 9.84. The van der Waals surface area contributed by atoms with Crippen LogP contribution in [-0.2, 0) is 0 Å². The van der Waals surface area contributed by atoms with Crippen molar-refractivity contribution in [2.45, 2.75) is 27.7 Å². The highest BCUT2D eigenvalue weighted by Crippen LogP contribution is 2.44. The van der Waals surface area contributed by atoms with Crippen molar-refractivity contribution in [3.05, 3.63) is 270 Å². The molecule has 0 bridgehead atoms. The number of hydrogen-bond acceptors (Lipinski definition) is 0. The third kappa shape index (κ3) is 8.15. The highest BCUT2D eigenvalue weighted by Gasteiger charge is 2.19. The van der Waals surface area contributed by atoms with E-state index in [-0.39, 0.29) is 0 Å². The van der Waals surface area contributed by atoms with Crippen LogP contribution in [0.3, 0.4) is 0 Å². The summed E-state index contributed by atoms with van der Waals surface area (Å²) < 4.78 is 0. The smallest absolute Gasteiger partial charge is 0.0103 e. The molecule has 66 heavy (non-hydrogen) atoms. The molecule has 0 fully saturated rings. The Kier molecular flexibility index (Phi) is 11.6. The van der Waals surface area contributed by atoms with E-state index in [4.69, 9.17) is 6.58 Å². The zero-order chi connectivity index (χ0) is 45.1. The summed E-state index contributed by atoms with van der Waals surface area (Å²) in [5, 5.41) is 0. The molecule has 0 radical (unpaired) electrons. The molecular weight excluding hydrogens is 793 g/mol. The second-order valence-corrected chi connectivity index (χ2v) is 17.5. The van der Waals surface area contributed by atoms with Crippen LogP contribution in [0.5, 0.6) is 0 Å². The van der Waals surface area contributed by atoms with Gasteiger partial charge < -0.3 is 0 Å². The minimum absolute atomic E-state index is 0.963. The maximum atomic E-state index is 5.01. The average molecular weight is 845 g/mol. The molecule has 0 aliphatic heterocycles. The fourth-order valence-corrected chi connectivity index (χ4v) is 9.77. The van der Waals surface area contributed by atoms with Crippen LogP contribution in [0.1, 0.15) is 33.4 Å². The van der Waals surface area contributed by atoms with Crippen LogP contribution < -0.4 is 0 Å². The van der Waals surface area contributed by atoms with Gasteiger partial charge >= 0.3 is 0 Å². The molecule has 10 aromatic carbocycles. The summed E-state index contributed by atoms with van der Waals surface area (Å²) in [6.45, 7) is 13.8. The van der Waals surface area contributed by atoms with Gasteiger partial charge in [-0.05, 0) is 192 Å². The largest absolute Gasteiger partial charge is 0.0906 e. The number of hydrogen-bond donors (Lipinski definition) is 0. The monoisotopic (exact) mass is 844 g/mol. The van der Waals surface area contributed by atoms with E-state index >= 15 is 0 Å². The Labute approximate surface area is 390 Å². The highest BCUT2D eigenvalue weighted by atomic mass is 14.2. The summed E-state index contributed by atoms with van der Waals surface area (Å²) in [7, 11) is 0. The summed E-state index contributed by atoms with van der Waals surface area (Å²) in [6, 6.07) is 84.3. The molecule has 0 amide bonds. The van der Waals surface area contributed by atoms with Crippen LogP contribution in [0.4, 0.5) is 0 Å². The summed E-state index contributed by atoms with van der Waals surface area (Å²) in [5.74, 6) is 0. The molecule has 0 aliphatic carbocycles. The van der Waals surface area contributed by atoms with Gasteiger partial charge in [-0.25, -0.2) is 0 Å². The fraction of sp³-hybridized carbons (Fsp3) is 0.0606. The van der Waals surface area contributed by atoms with Crippen molar-refractivity contribution in [2.24, 2.45) is 0 Å². The summed E-state index contributed by atoms with van der Waals surface area (Å²) in [5.41, 5.74) is 27.2. The molecule has 0 heterocycles. The molecule has 0 aromatic heterocycles. The first kappa shape index (κ1) is 41.9.